The third-order valence-corrected chi connectivity index (χ3v) is 4.25. The van der Waals surface area contributed by atoms with Gasteiger partial charge in [-0.25, -0.2) is 0 Å². The molecule has 0 N–H and O–H groups in total. The monoisotopic (exact) mass is 243 g/mol. The van der Waals surface area contributed by atoms with Crippen LogP contribution in [0.1, 0.15) is 43.6 Å². The first-order chi connectivity index (χ1) is 8.86. The number of rotatable bonds is 2. The summed E-state index contributed by atoms with van der Waals surface area (Å²) in [5, 5.41) is 0. The van der Waals surface area contributed by atoms with Crippen molar-refractivity contribution >= 4 is 5.91 Å². The zero-order chi connectivity index (χ0) is 12.4. The highest BCUT2D eigenvalue weighted by atomic mass is 16.2. The van der Waals surface area contributed by atoms with Gasteiger partial charge in [-0.1, -0.05) is 43.2 Å². The minimum absolute atomic E-state index is 0.269. The third kappa shape index (κ3) is 2.43. The maximum absolute atomic E-state index is 12.4. The van der Waals surface area contributed by atoms with Gasteiger partial charge < -0.3 is 4.90 Å². The normalized spacial score (nSPS) is 27.7. The average Bonchev–Trinajstić information content (AvgIpc) is 3.23. The number of hydrogen-bond donors (Lipinski definition) is 0. The van der Waals surface area contributed by atoms with E-state index in [4.69, 9.17) is 0 Å². The Morgan fingerprint density at radius 1 is 1.00 bits per heavy atom. The van der Waals surface area contributed by atoms with E-state index in [2.05, 4.69) is 29.2 Å². The van der Waals surface area contributed by atoms with Gasteiger partial charge in [-0.3, -0.25) is 4.79 Å². The molecule has 2 aliphatic rings. The van der Waals surface area contributed by atoms with Crippen molar-refractivity contribution in [3.8, 4) is 0 Å². The second kappa shape index (κ2) is 5.13. The molecule has 2 nitrogen and oxygen atoms in total. The van der Waals surface area contributed by atoms with Crippen molar-refractivity contribution in [1.29, 1.82) is 0 Å². The fraction of sp³-hybridized carbons (Fsp3) is 0.562. The second-order valence-electron chi connectivity index (χ2n) is 5.60. The number of likely N-dealkylation sites (tertiary alicyclic amines) is 1. The topological polar surface area (TPSA) is 20.3 Å². The molecule has 2 atom stereocenters. The fourth-order valence-corrected chi connectivity index (χ4v) is 3.06. The molecule has 1 aliphatic carbocycles. The molecule has 18 heavy (non-hydrogen) atoms. The Hall–Kier alpha value is -1.31. The van der Waals surface area contributed by atoms with Crippen LogP contribution in [0.4, 0.5) is 0 Å². The highest BCUT2D eigenvalue weighted by Crippen LogP contribution is 2.48. The molecule has 1 aromatic rings. The van der Waals surface area contributed by atoms with Crippen LogP contribution in [0.2, 0.25) is 0 Å². The summed E-state index contributed by atoms with van der Waals surface area (Å²) in [6.45, 7) is 1.97. The van der Waals surface area contributed by atoms with Gasteiger partial charge >= 0.3 is 0 Å². The van der Waals surface area contributed by atoms with Gasteiger partial charge in [0.25, 0.3) is 0 Å². The Morgan fingerprint density at radius 2 is 1.67 bits per heavy atom. The highest BCUT2D eigenvalue weighted by molar-refractivity contribution is 5.83. The summed E-state index contributed by atoms with van der Waals surface area (Å²) in [4.78, 5) is 14.5. The molecule has 0 spiro atoms. The third-order valence-electron chi connectivity index (χ3n) is 4.25. The first-order valence-corrected chi connectivity index (χ1v) is 7.20. The molecular weight excluding hydrogens is 222 g/mol. The van der Waals surface area contributed by atoms with Crippen LogP contribution < -0.4 is 0 Å². The maximum Gasteiger partial charge on any atom is 0.226 e. The Bertz CT molecular complexity index is 406. The van der Waals surface area contributed by atoms with E-state index in [-0.39, 0.29) is 5.92 Å². The fourth-order valence-electron chi connectivity index (χ4n) is 3.06. The summed E-state index contributed by atoms with van der Waals surface area (Å²) in [6.07, 6.45) is 6.01. The standard InChI is InChI=1S/C16H21NO/c18-16(17-10-6-1-2-7-11-17)15-12-14(15)13-8-4-3-5-9-13/h3-5,8-9,14-15H,1-2,6-7,10-12H2/t14-,15-/m1/s1. The molecule has 0 bridgehead atoms. The Labute approximate surface area is 109 Å². The van der Waals surface area contributed by atoms with E-state index in [1.807, 2.05) is 6.07 Å². The van der Waals surface area contributed by atoms with E-state index < -0.39 is 0 Å². The first kappa shape index (κ1) is 11.8. The summed E-state index contributed by atoms with van der Waals surface area (Å²) in [5.41, 5.74) is 1.34. The lowest BCUT2D eigenvalue weighted by Gasteiger charge is -2.20. The highest BCUT2D eigenvalue weighted by Gasteiger charge is 2.45. The Morgan fingerprint density at radius 3 is 2.33 bits per heavy atom. The molecule has 0 radical (unpaired) electrons. The summed E-state index contributed by atoms with van der Waals surface area (Å²) in [6, 6.07) is 10.5. The zero-order valence-corrected chi connectivity index (χ0v) is 10.8. The largest absolute Gasteiger partial charge is 0.342 e. The maximum atomic E-state index is 12.4. The molecule has 2 fully saturated rings. The molecule has 0 unspecified atom stereocenters. The second-order valence-corrected chi connectivity index (χ2v) is 5.60. The van der Waals surface area contributed by atoms with E-state index in [0.29, 0.717) is 11.8 Å². The molecule has 1 saturated carbocycles. The van der Waals surface area contributed by atoms with Crippen molar-refractivity contribution in [2.45, 2.75) is 38.0 Å². The summed E-state index contributed by atoms with van der Waals surface area (Å²) >= 11 is 0. The SMILES string of the molecule is O=C([C@@H]1C[C@@H]1c1ccccc1)N1CCCCCC1. The molecule has 1 saturated heterocycles. The van der Waals surface area contributed by atoms with Crippen molar-refractivity contribution in [2.24, 2.45) is 5.92 Å². The smallest absolute Gasteiger partial charge is 0.226 e. The van der Waals surface area contributed by atoms with Crippen molar-refractivity contribution in [2.75, 3.05) is 13.1 Å². The van der Waals surface area contributed by atoms with Crippen molar-refractivity contribution in [3.63, 3.8) is 0 Å². The van der Waals surface area contributed by atoms with Crippen molar-refractivity contribution < 1.29 is 4.79 Å². The van der Waals surface area contributed by atoms with Gasteiger partial charge in [-0.05, 0) is 30.7 Å². The lowest BCUT2D eigenvalue weighted by Crippen LogP contribution is -2.33. The minimum Gasteiger partial charge on any atom is -0.342 e. The van der Waals surface area contributed by atoms with Crippen LogP contribution in [0.25, 0.3) is 0 Å². The van der Waals surface area contributed by atoms with Crippen LogP contribution in [0.5, 0.6) is 0 Å². The minimum atomic E-state index is 0.269. The molecule has 3 rings (SSSR count). The number of amides is 1. The van der Waals surface area contributed by atoms with Gasteiger partial charge in [-0.2, -0.15) is 0 Å². The molecule has 1 aromatic carbocycles. The molecule has 1 aliphatic heterocycles. The predicted octanol–water partition coefficient (Wildman–Crippen LogP) is 3.19. The Balaban J connectivity index is 1.61. The molecule has 96 valence electrons. The molecule has 1 amide bonds. The average molecular weight is 243 g/mol. The van der Waals surface area contributed by atoms with Crippen LogP contribution in [-0.4, -0.2) is 23.9 Å². The molecule has 2 heteroatoms. The predicted molar refractivity (Wildman–Crippen MR) is 72.3 cm³/mol. The van der Waals surface area contributed by atoms with E-state index in [1.165, 1.54) is 31.2 Å². The van der Waals surface area contributed by atoms with E-state index in [1.54, 1.807) is 0 Å². The van der Waals surface area contributed by atoms with Gasteiger partial charge in [0.05, 0.1) is 0 Å². The van der Waals surface area contributed by atoms with Crippen molar-refractivity contribution in [3.05, 3.63) is 35.9 Å². The van der Waals surface area contributed by atoms with Crippen LogP contribution >= 0.6 is 0 Å². The lowest BCUT2D eigenvalue weighted by atomic mass is 10.1. The molecule has 1 heterocycles. The zero-order valence-electron chi connectivity index (χ0n) is 10.8. The van der Waals surface area contributed by atoms with Crippen LogP contribution in [0, 0.1) is 5.92 Å². The number of carbonyl (C=O) groups is 1. The van der Waals surface area contributed by atoms with Crippen molar-refractivity contribution in [1.82, 2.24) is 4.90 Å². The summed E-state index contributed by atoms with van der Waals surface area (Å²) < 4.78 is 0. The van der Waals surface area contributed by atoms with E-state index >= 15 is 0 Å². The summed E-state index contributed by atoms with van der Waals surface area (Å²) in [5.74, 6) is 1.17. The lowest BCUT2D eigenvalue weighted by molar-refractivity contribution is -0.132. The molecule has 0 aromatic heterocycles. The summed E-state index contributed by atoms with van der Waals surface area (Å²) in [7, 11) is 0. The van der Waals surface area contributed by atoms with Crippen LogP contribution in [-0.2, 0) is 4.79 Å². The first-order valence-electron chi connectivity index (χ1n) is 7.20. The van der Waals surface area contributed by atoms with Crippen LogP contribution in [0.15, 0.2) is 30.3 Å². The number of benzene rings is 1. The Kier molecular flexibility index (Phi) is 3.35. The number of hydrogen-bond acceptors (Lipinski definition) is 1. The van der Waals surface area contributed by atoms with Gasteiger partial charge in [-0.15, -0.1) is 0 Å². The van der Waals surface area contributed by atoms with Gasteiger partial charge in [0.15, 0.2) is 0 Å². The number of nitrogens with zero attached hydrogens (tertiary/aromatic N) is 1. The quantitative estimate of drug-likeness (QED) is 0.781. The number of carbonyl (C=O) groups excluding carboxylic acids is 1. The van der Waals surface area contributed by atoms with E-state index in [0.717, 1.165) is 19.5 Å². The molecular formula is C16H21NO. The van der Waals surface area contributed by atoms with Gasteiger partial charge in [0.2, 0.25) is 5.91 Å². The van der Waals surface area contributed by atoms with Gasteiger partial charge in [0.1, 0.15) is 0 Å². The van der Waals surface area contributed by atoms with E-state index in [9.17, 15) is 4.79 Å². The van der Waals surface area contributed by atoms with Crippen LogP contribution in [0.3, 0.4) is 0 Å². The van der Waals surface area contributed by atoms with Gasteiger partial charge in [0, 0.05) is 19.0 Å².